The van der Waals surface area contributed by atoms with Crippen molar-refractivity contribution in [3.8, 4) is 0 Å². The molecule has 4 fully saturated rings. The zero-order valence-corrected chi connectivity index (χ0v) is 29.8. The minimum Gasteiger partial charge on any atom is -0.461 e. The van der Waals surface area contributed by atoms with Gasteiger partial charge in [-0.2, -0.15) is 0 Å². The molecule has 6 rings (SSSR count). The van der Waals surface area contributed by atoms with E-state index in [0.29, 0.717) is 50.6 Å². The molecule has 4 saturated heterocycles. The summed E-state index contributed by atoms with van der Waals surface area (Å²) in [5, 5.41) is 10.5. The highest BCUT2D eigenvalue weighted by molar-refractivity contribution is 5.98. The van der Waals surface area contributed by atoms with Gasteiger partial charge in [0.2, 0.25) is 29.5 Å². The Morgan fingerprint density at radius 1 is 0.906 bits per heavy atom. The summed E-state index contributed by atoms with van der Waals surface area (Å²) in [6, 6.07) is 1.65. The van der Waals surface area contributed by atoms with Crippen LogP contribution < -0.4 is 21.3 Å². The average Bonchev–Trinajstić information content (AvgIpc) is 3.94. The van der Waals surface area contributed by atoms with E-state index in [4.69, 9.17) is 9.15 Å². The summed E-state index contributed by atoms with van der Waals surface area (Å²) in [4.78, 5) is 105. The summed E-state index contributed by atoms with van der Waals surface area (Å²) < 4.78 is 10.8. The van der Waals surface area contributed by atoms with Crippen molar-refractivity contribution in [3.05, 3.63) is 48.4 Å². The third-order valence-corrected chi connectivity index (χ3v) is 10.3. The predicted octanol–water partition coefficient (Wildman–Crippen LogP) is 0.563. The Kier molecular flexibility index (Phi) is 11.6. The lowest BCUT2D eigenvalue weighted by atomic mass is 9.99. The molecular weight excluding hydrogens is 688 g/mol. The Labute approximate surface area is 306 Å². The van der Waals surface area contributed by atoms with Crippen molar-refractivity contribution in [2.45, 2.75) is 95.0 Å². The van der Waals surface area contributed by atoms with Gasteiger partial charge in [0.15, 0.2) is 0 Å². The average molecular weight is 735 g/mol. The van der Waals surface area contributed by atoms with Crippen molar-refractivity contribution in [1.29, 1.82) is 0 Å². The minimum absolute atomic E-state index is 0.0326. The maximum Gasteiger partial charge on any atom is 0.328 e. The van der Waals surface area contributed by atoms with E-state index in [2.05, 4.69) is 26.3 Å². The monoisotopic (exact) mass is 734 g/mol. The first-order valence-corrected chi connectivity index (χ1v) is 18.2. The van der Waals surface area contributed by atoms with Crippen molar-refractivity contribution in [2.75, 3.05) is 31.6 Å². The number of benzene rings is 1. The van der Waals surface area contributed by atoms with Gasteiger partial charge in [-0.25, -0.2) is 14.6 Å². The molecule has 5 heterocycles. The van der Waals surface area contributed by atoms with E-state index in [1.807, 2.05) is 6.92 Å². The fraction of sp³-hybridized carbons (Fsp3) is 0.556. The van der Waals surface area contributed by atoms with Crippen LogP contribution in [0.5, 0.6) is 0 Å². The highest BCUT2D eigenvalue weighted by Crippen LogP contribution is 2.28. The molecule has 0 saturated carbocycles. The van der Waals surface area contributed by atoms with Crippen LogP contribution in [-0.4, -0.2) is 124 Å². The summed E-state index contributed by atoms with van der Waals surface area (Å²) in [5.41, 5.74) is 0.708. The van der Waals surface area contributed by atoms with Crippen LogP contribution in [0.2, 0.25) is 0 Å². The summed E-state index contributed by atoms with van der Waals surface area (Å²) >= 11 is 0. The number of esters is 1. The number of cyclic esters (lactones) is 1. The largest absolute Gasteiger partial charge is 0.461 e. The molecule has 17 heteroatoms. The number of hydrogen-bond acceptors (Lipinski definition) is 10. The van der Waals surface area contributed by atoms with Gasteiger partial charge in [0, 0.05) is 26.1 Å². The second kappa shape index (κ2) is 16.5. The molecule has 0 bridgehead atoms. The highest BCUT2D eigenvalue weighted by atomic mass is 16.5. The SMILES string of the molecule is CC1CC2C(=O)OCC(NC(=O)C(Cc3ccccc3)NC(=O)Nc3ncco3)C(=O)N3CCCC3C(=O)N3CCCCC3C(=O)NC(C)C(=O)N2C1. The lowest BCUT2D eigenvalue weighted by molar-refractivity contribution is -0.158. The van der Waals surface area contributed by atoms with Gasteiger partial charge in [0.1, 0.15) is 49.1 Å². The van der Waals surface area contributed by atoms with Crippen LogP contribution in [0.4, 0.5) is 10.8 Å². The lowest BCUT2D eigenvalue weighted by Crippen LogP contribution is -2.62. The summed E-state index contributed by atoms with van der Waals surface area (Å²) in [5.74, 6) is -3.57. The number of fused-ring (bicyclic) bond motifs is 3. The van der Waals surface area contributed by atoms with Crippen LogP contribution in [0.1, 0.15) is 57.9 Å². The van der Waals surface area contributed by atoms with E-state index in [9.17, 15) is 33.6 Å². The number of rotatable bonds is 6. The second-order valence-electron chi connectivity index (χ2n) is 14.2. The molecule has 17 nitrogen and oxygen atoms in total. The van der Waals surface area contributed by atoms with Crippen molar-refractivity contribution in [3.63, 3.8) is 0 Å². The van der Waals surface area contributed by atoms with E-state index < -0.39 is 84.4 Å². The number of aromatic nitrogens is 1. The number of hydrogen-bond donors (Lipinski definition) is 4. The maximum absolute atomic E-state index is 14.4. The van der Waals surface area contributed by atoms with Gasteiger partial charge in [-0.1, -0.05) is 37.3 Å². The predicted molar refractivity (Wildman–Crippen MR) is 186 cm³/mol. The number of oxazole rings is 1. The number of nitrogens with zero attached hydrogens (tertiary/aromatic N) is 4. The molecule has 1 aromatic heterocycles. The van der Waals surface area contributed by atoms with E-state index in [1.54, 1.807) is 37.3 Å². The standard InChI is InChI=1S/C36H46N8O9/c1-21-17-28-34(50)53-20-25(39-29(45)24(18-23-9-4-3-5-10-23)40-35(51)41-36-37-13-16-52-36)32(48)43-15-8-12-27(43)33(49)42-14-7-6-11-26(42)30(46)38-22(2)31(47)44(28)19-21/h3-5,9-10,13,16,21-22,24-28H,6-8,11-12,14-15,17-20H2,1-2H3,(H,38,46)(H,39,45)(H2,37,40,41,51). The van der Waals surface area contributed by atoms with Crippen molar-refractivity contribution in [2.24, 2.45) is 5.92 Å². The fourth-order valence-electron chi connectivity index (χ4n) is 7.62. The van der Waals surface area contributed by atoms with E-state index in [-0.39, 0.29) is 31.4 Å². The second-order valence-corrected chi connectivity index (χ2v) is 14.2. The molecular formula is C36H46N8O9. The van der Waals surface area contributed by atoms with Crippen LogP contribution in [0, 0.1) is 5.92 Å². The van der Waals surface area contributed by atoms with Crippen LogP contribution in [-0.2, 0) is 39.9 Å². The molecule has 2 aromatic rings. The molecule has 53 heavy (non-hydrogen) atoms. The van der Waals surface area contributed by atoms with Crippen LogP contribution in [0.25, 0.3) is 0 Å². The Morgan fingerprint density at radius 3 is 2.40 bits per heavy atom. The number of nitrogens with one attached hydrogen (secondary N) is 4. The zero-order valence-electron chi connectivity index (χ0n) is 29.8. The smallest absolute Gasteiger partial charge is 0.328 e. The highest BCUT2D eigenvalue weighted by Gasteiger charge is 2.46. The number of carbonyl (C=O) groups is 7. The van der Waals surface area contributed by atoms with Gasteiger partial charge in [-0.15, -0.1) is 0 Å². The Morgan fingerprint density at radius 2 is 1.64 bits per heavy atom. The number of amides is 7. The van der Waals surface area contributed by atoms with E-state index >= 15 is 0 Å². The Hall–Kier alpha value is -5.48. The number of urea groups is 1. The fourth-order valence-corrected chi connectivity index (χ4v) is 7.62. The van der Waals surface area contributed by atoms with Gasteiger partial charge in [0.25, 0.3) is 0 Å². The molecule has 0 aliphatic carbocycles. The van der Waals surface area contributed by atoms with E-state index in [1.165, 1.54) is 27.2 Å². The van der Waals surface area contributed by atoms with Crippen molar-refractivity contribution >= 4 is 47.6 Å². The molecule has 284 valence electrons. The Balaban J connectivity index is 1.30. The third-order valence-electron chi connectivity index (χ3n) is 10.3. The van der Waals surface area contributed by atoms with Crippen LogP contribution >= 0.6 is 0 Å². The minimum atomic E-state index is -1.45. The molecule has 0 radical (unpaired) electrons. The van der Waals surface area contributed by atoms with Gasteiger partial charge < -0.3 is 39.8 Å². The zero-order chi connectivity index (χ0) is 37.6. The summed E-state index contributed by atoms with van der Waals surface area (Å²) in [6.07, 6.45) is 5.54. The van der Waals surface area contributed by atoms with Crippen LogP contribution in [0.3, 0.4) is 0 Å². The topological polar surface area (TPSA) is 213 Å². The van der Waals surface area contributed by atoms with Gasteiger partial charge in [0.05, 0.1) is 6.20 Å². The molecule has 4 N–H and O–H groups in total. The molecule has 1 aromatic carbocycles. The number of ether oxygens (including phenoxy) is 1. The normalized spacial score (nSPS) is 27.6. The summed E-state index contributed by atoms with van der Waals surface area (Å²) in [6.45, 7) is 3.62. The lowest BCUT2D eigenvalue weighted by Gasteiger charge is -2.39. The number of anilines is 1. The Bertz CT molecular complexity index is 1690. The maximum atomic E-state index is 14.4. The van der Waals surface area contributed by atoms with Gasteiger partial charge >= 0.3 is 18.0 Å². The van der Waals surface area contributed by atoms with Crippen molar-refractivity contribution in [1.82, 2.24) is 35.6 Å². The molecule has 4 aliphatic rings. The third kappa shape index (κ3) is 8.60. The van der Waals surface area contributed by atoms with Gasteiger partial charge in [-0.3, -0.25) is 29.3 Å². The molecule has 4 aliphatic heterocycles. The van der Waals surface area contributed by atoms with Crippen molar-refractivity contribution < 1.29 is 42.7 Å². The van der Waals surface area contributed by atoms with Crippen LogP contribution in [0.15, 0.2) is 47.2 Å². The quantitative estimate of drug-likeness (QED) is 0.303. The summed E-state index contributed by atoms with van der Waals surface area (Å²) in [7, 11) is 0. The first-order valence-electron chi connectivity index (χ1n) is 18.2. The van der Waals surface area contributed by atoms with Gasteiger partial charge in [-0.05, 0) is 56.9 Å². The number of carbonyl (C=O) groups excluding carboxylic acids is 7. The first kappa shape index (κ1) is 37.3. The molecule has 7 amide bonds. The molecule has 0 spiro atoms. The number of piperidine rings is 1. The first-order chi connectivity index (χ1) is 25.5. The van der Waals surface area contributed by atoms with E-state index in [0.717, 1.165) is 0 Å². The molecule has 7 atom stereocenters. The molecule has 7 unspecified atom stereocenters.